The van der Waals surface area contributed by atoms with Gasteiger partial charge in [-0.15, -0.1) is 0 Å². The highest BCUT2D eigenvalue weighted by molar-refractivity contribution is 5.97. The predicted octanol–water partition coefficient (Wildman–Crippen LogP) is 2.30. The van der Waals surface area contributed by atoms with Gasteiger partial charge in [0.05, 0.1) is 5.54 Å². The Balaban J connectivity index is 1.64. The molecule has 4 N–H and O–H groups in total. The molecule has 180 valence electrons. The molecule has 0 heterocycles. The summed E-state index contributed by atoms with van der Waals surface area (Å²) in [5.74, 6) is 10.1. The predicted molar refractivity (Wildman–Crippen MR) is 125 cm³/mol. The molecule has 0 radical (unpaired) electrons. The maximum Gasteiger partial charge on any atom is 0.408 e. The normalized spacial score (nSPS) is 20.7. The van der Waals surface area contributed by atoms with E-state index >= 15 is 0 Å². The number of hydrogen-bond donors (Lipinski definition) is 4. The molecule has 1 aromatic rings. The summed E-state index contributed by atoms with van der Waals surface area (Å²) in [4.78, 5) is 37.1. The van der Waals surface area contributed by atoms with E-state index < -0.39 is 35.2 Å². The minimum atomic E-state index is -1.30. The lowest BCUT2D eigenvalue weighted by Gasteiger charge is -2.46. The third-order valence-corrected chi connectivity index (χ3v) is 5.90. The molecule has 2 fully saturated rings. The van der Waals surface area contributed by atoms with E-state index in [4.69, 9.17) is 9.84 Å². The number of alkyl carbamates (subject to hydrolysis) is 1. The van der Waals surface area contributed by atoms with Gasteiger partial charge in [0.25, 0.3) is 5.91 Å². The maximum absolute atomic E-state index is 12.8. The summed E-state index contributed by atoms with van der Waals surface area (Å²) in [5.41, 5.74) is -0.895. The van der Waals surface area contributed by atoms with Crippen molar-refractivity contribution in [2.75, 3.05) is 6.61 Å². The number of carboxylic acid groups (broad SMARTS) is 1. The Kier molecular flexibility index (Phi) is 7.54. The van der Waals surface area contributed by atoms with Gasteiger partial charge in [0.15, 0.2) is 6.04 Å². The molecule has 0 saturated heterocycles. The first-order valence-electron chi connectivity index (χ1n) is 11.3. The van der Waals surface area contributed by atoms with Crippen molar-refractivity contribution in [1.29, 1.82) is 0 Å². The largest absolute Gasteiger partial charge is 0.480 e. The molecule has 1 aromatic carbocycles. The Labute approximate surface area is 199 Å². The number of carboxylic acids is 1. The number of ether oxygens (including phenoxy) is 1. The van der Waals surface area contributed by atoms with Gasteiger partial charge in [0, 0.05) is 23.7 Å². The van der Waals surface area contributed by atoms with Crippen LogP contribution in [-0.2, 0) is 9.53 Å². The Morgan fingerprint density at radius 2 is 1.85 bits per heavy atom. The van der Waals surface area contributed by atoms with Crippen LogP contribution < -0.4 is 10.6 Å². The van der Waals surface area contributed by atoms with Crippen molar-refractivity contribution in [2.45, 2.75) is 63.6 Å². The third-order valence-electron chi connectivity index (χ3n) is 5.90. The highest BCUT2D eigenvalue weighted by Crippen LogP contribution is 2.37. The smallest absolute Gasteiger partial charge is 0.408 e. The third kappa shape index (κ3) is 6.52. The molecular formula is C26H30N2O6. The number of rotatable bonds is 6. The standard InChI is InChI=1S/C26H30N2O6/c1-25(2,3)34-24(33)28-26(13-6-14-26)21(23(31)32)27-22(30)18-11-9-17(10-12-18)7-4-5-8-19-15-20(19)16-29/h9-12,19-21,29H,6,13-16H2,1-3H3,(H,27,30)(H,28,33)(H,31,32)/t19-,20+,21?/m1/s1. The zero-order valence-corrected chi connectivity index (χ0v) is 19.6. The number of carbonyl (C=O) groups excluding carboxylic acids is 2. The van der Waals surface area contributed by atoms with Gasteiger partial charge in [0.1, 0.15) is 5.60 Å². The molecule has 0 aliphatic heterocycles. The van der Waals surface area contributed by atoms with Gasteiger partial charge in [-0.25, -0.2) is 9.59 Å². The van der Waals surface area contributed by atoms with Crippen LogP contribution >= 0.6 is 0 Å². The van der Waals surface area contributed by atoms with Gasteiger partial charge in [-0.2, -0.15) is 0 Å². The molecule has 8 nitrogen and oxygen atoms in total. The first-order valence-corrected chi connectivity index (χ1v) is 11.3. The molecule has 0 bridgehead atoms. The fourth-order valence-electron chi connectivity index (χ4n) is 3.76. The van der Waals surface area contributed by atoms with E-state index in [9.17, 15) is 19.5 Å². The van der Waals surface area contributed by atoms with E-state index in [0.29, 0.717) is 18.4 Å². The Hall–Kier alpha value is -3.49. The molecule has 0 aromatic heterocycles. The molecule has 2 aliphatic rings. The van der Waals surface area contributed by atoms with Crippen molar-refractivity contribution in [1.82, 2.24) is 10.6 Å². The lowest BCUT2D eigenvalue weighted by Crippen LogP contribution is -2.68. The second kappa shape index (κ2) is 10.2. The number of nitrogens with one attached hydrogen (secondary N) is 2. The van der Waals surface area contributed by atoms with E-state index in [-0.39, 0.29) is 24.0 Å². The zero-order chi connectivity index (χ0) is 24.9. The average Bonchev–Trinajstić information content (AvgIpc) is 3.50. The fraction of sp³-hybridized carbons (Fsp3) is 0.500. The topological polar surface area (TPSA) is 125 Å². The van der Waals surface area contributed by atoms with E-state index in [2.05, 4.69) is 34.3 Å². The van der Waals surface area contributed by atoms with Crippen LogP contribution in [-0.4, -0.2) is 52.0 Å². The SMILES string of the molecule is CC(C)(C)OC(=O)NC1(C(NC(=O)c2ccc(C#CC#C[C@@H]3C[C@H]3CO)cc2)C(=O)O)CCC1. The molecule has 2 amide bonds. The van der Waals surface area contributed by atoms with Gasteiger partial charge in [0.2, 0.25) is 0 Å². The molecular weight excluding hydrogens is 436 g/mol. The van der Waals surface area contributed by atoms with Crippen molar-refractivity contribution >= 4 is 18.0 Å². The highest BCUT2D eigenvalue weighted by Gasteiger charge is 2.50. The van der Waals surface area contributed by atoms with Crippen LogP contribution in [0.1, 0.15) is 62.4 Å². The number of aliphatic carboxylic acids is 1. The van der Waals surface area contributed by atoms with Crippen molar-refractivity contribution < 1.29 is 29.3 Å². The van der Waals surface area contributed by atoms with Crippen LogP contribution in [0.4, 0.5) is 4.79 Å². The van der Waals surface area contributed by atoms with Crippen LogP contribution in [0.2, 0.25) is 0 Å². The van der Waals surface area contributed by atoms with Crippen LogP contribution in [0.25, 0.3) is 0 Å². The summed E-state index contributed by atoms with van der Waals surface area (Å²) >= 11 is 0. The molecule has 34 heavy (non-hydrogen) atoms. The summed E-state index contributed by atoms with van der Waals surface area (Å²) in [6.07, 6.45) is 1.75. The van der Waals surface area contributed by atoms with Gasteiger partial charge >= 0.3 is 12.1 Å². The lowest BCUT2D eigenvalue weighted by molar-refractivity contribution is -0.142. The number of amides is 2. The second-order valence-electron chi connectivity index (χ2n) is 9.76. The van der Waals surface area contributed by atoms with E-state index in [1.807, 2.05) is 0 Å². The molecule has 0 spiro atoms. The minimum absolute atomic E-state index is 0.150. The van der Waals surface area contributed by atoms with Crippen molar-refractivity contribution in [3.8, 4) is 23.7 Å². The first-order chi connectivity index (χ1) is 16.0. The zero-order valence-electron chi connectivity index (χ0n) is 19.6. The van der Waals surface area contributed by atoms with Crippen LogP contribution in [0, 0.1) is 35.5 Å². The van der Waals surface area contributed by atoms with Crippen molar-refractivity contribution in [3.05, 3.63) is 35.4 Å². The van der Waals surface area contributed by atoms with Crippen LogP contribution in [0.3, 0.4) is 0 Å². The fourth-order valence-corrected chi connectivity index (χ4v) is 3.76. The second-order valence-corrected chi connectivity index (χ2v) is 9.76. The van der Waals surface area contributed by atoms with Gasteiger partial charge in [-0.05, 0) is 88.5 Å². The highest BCUT2D eigenvalue weighted by atomic mass is 16.6. The average molecular weight is 467 g/mol. The van der Waals surface area contributed by atoms with Gasteiger partial charge in [-0.3, -0.25) is 4.79 Å². The lowest BCUT2D eigenvalue weighted by atomic mass is 9.71. The Morgan fingerprint density at radius 3 is 2.35 bits per heavy atom. The summed E-state index contributed by atoms with van der Waals surface area (Å²) < 4.78 is 5.28. The van der Waals surface area contributed by atoms with Crippen molar-refractivity contribution in [2.24, 2.45) is 11.8 Å². The summed E-state index contributed by atoms with van der Waals surface area (Å²) in [7, 11) is 0. The molecule has 8 heteroatoms. The number of carbonyl (C=O) groups is 3. The number of aliphatic hydroxyl groups is 1. The number of benzene rings is 1. The number of hydrogen-bond acceptors (Lipinski definition) is 5. The molecule has 3 rings (SSSR count). The maximum atomic E-state index is 12.8. The van der Waals surface area contributed by atoms with Gasteiger partial charge in [-0.1, -0.05) is 11.8 Å². The molecule has 1 unspecified atom stereocenters. The van der Waals surface area contributed by atoms with Gasteiger partial charge < -0.3 is 25.6 Å². The summed E-state index contributed by atoms with van der Waals surface area (Å²) in [6.45, 7) is 5.31. The summed E-state index contributed by atoms with van der Waals surface area (Å²) in [6, 6.07) is 5.13. The summed E-state index contributed by atoms with van der Waals surface area (Å²) in [5, 5.41) is 24.1. The molecule has 2 saturated carbocycles. The van der Waals surface area contributed by atoms with E-state index in [1.54, 1.807) is 45.0 Å². The quantitative estimate of drug-likeness (QED) is 0.477. The first kappa shape index (κ1) is 25.1. The van der Waals surface area contributed by atoms with Crippen LogP contribution in [0.15, 0.2) is 24.3 Å². The van der Waals surface area contributed by atoms with E-state index in [1.165, 1.54) is 0 Å². The molecule has 3 atom stereocenters. The monoisotopic (exact) mass is 466 g/mol. The number of aliphatic hydroxyl groups excluding tert-OH is 1. The molecule has 2 aliphatic carbocycles. The van der Waals surface area contributed by atoms with Crippen LogP contribution in [0.5, 0.6) is 0 Å². The Morgan fingerprint density at radius 1 is 1.18 bits per heavy atom. The van der Waals surface area contributed by atoms with E-state index in [0.717, 1.165) is 12.8 Å². The minimum Gasteiger partial charge on any atom is -0.480 e. The Bertz CT molecular complexity index is 1060. The van der Waals surface area contributed by atoms with Crippen molar-refractivity contribution in [3.63, 3.8) is 0 Å².